The summed E-state index contributed by atoms with van der Waals surface area (Å²) < 4.78 is 30.8. The number of alkyl halides is 2. The molecule has 0 fully saturated rings. The lowest BCUT2D eigenvalue weighted by molar-refractivity contribution is -0.123. The lowest BCUT2D eigenvalue weighted by Gasteiger charge is -2.13. The molecule has 3 rings (SSSR count). The third-order valence-corrected chi connectivity index (χ3v) is 4.59. The van der Waals surface area contributed by atoms with Crippen LogP contribution in [-0.2, 0) is 4.79 Å². The number of ether oxygens (including phenoxy) is 1. The molecule has 0 atom stereocenters. The number of carbonyl (C=O) groups is 2. The molecule has 6 nitrogen and oxygen atoms in total. The molecule has 2 amide bonds. The van der Waals surface area contributed by atoms with Crippen LogP contribution in [0.5, 0.6) is 5.75 Å². The van der Waals surface area contributed by atoms with E-state index in [0.29, 0.717) is 5.75 Å². The summed E-state index contributed by atoms with van der Waals surface area (Å²) in [5.41, 5.74) is 6.06. The summed E-state index contributed by atoms with van der Waals surface area (Å²) in [6, 6.07) is 19.6. The van der Waals surface area contributed by atoms with Crippen LogP contribution in [-0.4, -0.2) is 29.2 Å². The number of pyridine rings is 1. The number of hydrogen-bond acceptors (Lipinski definition) is 5. The Hall–Kier alpha value is -3.46. The van der Waals surface area contributed by atoms with Gasteiger partial charge >= 0.3 is 0 Å². The third kappa shape index (κ3) is 5.77. The summed E-state index contributed by atoms with van der Waals surface area (Å²) in [6.45, 7) is -0.351. The van der Waals surface area contributed by atoms with Gasteiger partial charge in [0.25, 0.3) is 17.6 Å². The fourth-order valence-corrected chi connectivity index (χ4v) is 3.14. The zero-order valence-corrected chi connectivity index (χ0v) is 16.4. The number of hydrogen-bond donors (Lipinski definition) is 2. The normalized spacial score (nSPS) is 10.5. The Morgan fingerprint density at radius 2 is 1.70 bits per heavy atom. The molecule has 154 valence electrons. The first-order valence-corrected chi connectivity index (χ1v) is 9.69. The van der Waals surface area contributed by atoms with Crippen molar-refractivity contribution in [3.05, 3.63) is 78.5 Å². The van der Waals surface area contributed by atoms with Gasteiger partial charge in [-0.1, -0.05) is 48.5 Å². The first-order valence-electron chi connectivity index (χ1n) is 8.81. The molecule has 0 aliphatic heterocycles. The highest BCUT2D eigenvalue weighted by Gasteiger charge is 2.17. The monoisotopic (exact) mass is 429 g/mol. The minimum Gasteiger partial charge on any atom is -0.483 e. The second-order valence-electron chi connectivity index (χ2n) is 5.89. The molecule has 0 bridgehead atoms. The maximum atomic E-state index is 12.6. The Morgan fingerprint density at radius 3 is 2.47 bits per heavy atom. The average molecular weight is 429 g/mol. The van der Waals surface area contributed by atoms with Crippen molar-refractivity contribution in [3.63, 3.8) is 0 Å². The molecule has 1 heterocycles. The van der Waals surface area contributed by atoms with E-state index >= 15 is 0 Å². The van der Waals surface area contributed by atoms with Crippen LogP contribution in [0, 0.1) is 0 Å². The van der Waals surface area contributed by atoms with E-state index in [2.05, 4.69) is 15.8 Å². The molecule has 30 heavy (non-hydrogen) atoms. The number of para-hydroxylation sites is 1. The van der Waals surface area contributed by atoms with Gasteiger partial charge in [0.1, 0.15) is 10.8 Å². The maximum Gasteiger partial charge on any atom is 0.290 e. The number of rotatable bonds is 7. The van der Waals surface area contributed by atoms with Gasteiger partial charge < -0.3 is 4.74 Å². The highest BCUT2D eigenvalue weighted by molar-refractivity contribution is 7.99. The van der Waals surface area contributed by atoms with E-state index in [1.165, 1.54) is 18.3 Å². The maximum absolute atomic E-state index is 12.6. The van der Waals surface area contributed by atoms with E-state index < -0.39 is 17.6 Å². The fourth-order valence-electron chi connectivity index (χ4n) is 2.56. The van der Waals surface area contributed by atoms with Crippen LogP contribution in [0.1, 0.15) is 10.4 Å². The molecule has 0 aliphatic rings. The second-order valence-corrected chi connectivity index (χ2v) is 6.87. The molecular weight excluding hydrogens is 412 g/mol. The lowest BCUT2D eigenvalue weighted by Crippen LogP contribution is -2.44. The van der Waals surface area contributed by atoms with Gasteiger partial charge in [-0.05, 0) is 35.5 Å². The minimum atomic E-state index is -2.72. The Morgan fingerprint density at radius 1 is 0.967 bits per heavy atom. The topological polar surface area (TPSA) is 80.3 Å². The molecule has 0 unspecified atom stereocenters. The van der Waals surface area contributed by atoms with Crippen LogP contribution >= 0.6 is 11.8 Å². The largest absolute Gasteiger partial charge is 0.483 e. The number of amides is 2. The third-order valence-electron chi connectivity index (χ3n) is 3.86. The molecular formula is C21H17F2N3O3S. The van der Waals surface area contributed by atoms with Crippen LogP contribution < -0.4 is 15.6 Å². The van der Waals surface area contributed by atoms with Crippen molar-refractivity contribution in [2.75, 3.05) is 6.61 Å². The van der Waals surface area contributed by atoms with Gasteiger partial charge in [0.05, 0.1) is 5.56 Å². The van der Waals surface area contributed by atoms with Crippen LogP contribution in [0.2, 0.25) is 0 Å². The average Bonchev–Trinajstić information content (AvgIpc) is 2.77. The van der Waals surface area contributed by atoms with Crippen molar-refractivity contribution < 1.29 is 23.1 Å². The van der Waals surface area contributed by atoms with Gasteiger partial charge in [0, 0.05) is 11.8 Å². The summed E-state index contributed by atoms with van der Waals surface area (Å²) in [7, 11) is 0. The predicted molar refractivity (Wildman–Crippen MR) is 109 cm³/mol. The smallest absolute Gasteiger partial charge is 0.290 e. The number of halogens is 2. The van der Waals surface area contributed by atoms with Gasteiger partial charge in [0.2, 0.25) is 0 Å². The van der Waals surface area contributed by atoms with Gasteiger partial charge in [-0.25, -0.2) is 4.98 Å². The Labute approximate surface area is 175 Å². The molecule has 9 heteroatoms. The van der Waals surface area contributed by atoms with E-state index in [9.17, 15) is 18.4 Å². The first-order chi connectivity index (χ1) is 14.5. The van der Waals surface area contributed by atoms with E-state index in [1.54, 1.807) is 12.1 Å². The number of nitrogens with zero attached hydrogens (tertiary/aromatic N) is 1. The van der Waals surface area contributed by atoms with Crippen LogP contribution in [0.4, 0.5) is 8.78 Å². The van der Waals surface area contributed by atoms with E-state index in [1.807, 2.05) is 42.5 Å². The summed E-state index contributed by atoms with van der Waals surface area (Å²) in [5, 5.41) is -0.132. The van der Waals surface area contributed by atoms with E-state index in [-0.39, 0.29) is 29.0 Å². The highest BCUT2D eigenvalue weighted by atomic mass is 32.2. The van der Waals surface area contributed by atoms with E-state index in [4.69, 9.17) is 4.74 Å². The molecule has 0 aliphatic carbocycles. The Bertz CT molecular complexity index is 1020. The zero-order chi connectivity index (χ0) is 21.3. The number of aromatic nitrogens is 1. The molecule has 0 radical (unpaired) electrons. The van der Waals surface area contributed by atoms with Crippen LogP contribution in [0.15, 0.2) is 78.0 Å². The fraction of sp³-hybridized carbons (Fsp3) is 0.0952. The predicted octanol–water partition coefficient (Wildman–Crippen LogP) is 3.90. The minimum absolute atomic E-state index is 0.0709. The second kappa shape index (κ2) is 10.4. The van der Waals surface area contributed by atoms with E-state index in [0.717, 1.165) is 11.1 Å². The molecule has 3 aromatic rings. The van der Waals surface area contributed by atoms with Crippen molar-refractivity contribution in [2.45, 2.75) is 10.8 Å². The van der Waals surface area contributed by atoms with Crippen molar-refractivity contribution in [1.29, 1.82) is 0 Å². The molecule has 1 aromatic heterocycles. The number of carbonyl (C=O) groups excluding carboxylic acids is 2. The standard InChI is InChI=1S/C21H17F2N3O3S/c22-21(23)30-20-16(10-6-12-24-20)19(28)26-25-18(27)13-29-17-11-5-4-9-15(17)14-7-2-1-3-8-14/h1-12,21H,13H2,(H,25,27)(H,26,28). The van der Waals surface area contributed by atoms with Gasteiger partial charge in [-0.3, -0.25) is 20.4 Å². The SMILES string of the molecule is O=C(COc1ccccc1-c1ccccc1)NNC(=O)c1cccnc1SC(F)F. The van der Waals surface area contributed by atoms with Gasteiger partial charge in [-0.15, -0.1) is 0 Å². The van der Waals surface area contributed by atoms with Gasteiger partial charge in [0.15, 0.2) is 6.61 Å². The molecule has 2 aromatic carbocycles. The Kier molecular flexibility index (Phi) is 7.34. The summed E-state index contributed by atoms with van der Waals surface area (Å²) in [4.78, 5) is 28.0. The van der Waals surface area contributed by atoms with Crippen molar-refractivity contribution >= 4 is 23.6 Å². The number of nitrogens with one attached hydrogen (secondary N) is 2. The zero-order valence-electron chi connectivity index (χ0n) is 15.5. The Balaban J connectivity index is 1.57. The number of benzene rings is 2. The quantitative estimate of drug-likeness (QED) is 0.440. The van der Waals surface area contributed by atoms with Crippen LogP contribution in [0.3, 0.4) is 0 Å². The molecule has 0 saturated heterocycles. The van der Waals surface area contributed by atoms with Crippen molar-refractivity contribution in [1.82, 2.24) is 15.8 Å². The van der Waals surface area contributed by atoms with Gasteiger partial charge in [-0.2, -0.15) is 8.78 Å². The molecule has 0 saturated carbocycles. The highest BCUT2D eigenvalue weighted by Crippen LogP contribution is 2.29. The molecule has 0 spiro atoms. The number of thioether (sulfide) groups is 1. The van der Waals surface area contributed by atoms with Crippen LogP contribution in [0.25, 0.3) is 11.1 Å². The lowest BCUT2D eigenvalue weighted by atomic mass is 10.1. The first kappa shape index (κ1) is 21.3. The number of hydrazine groups is 1. The van der Waals surface area contributed by atoms with Crippen molar-refractivity contribution in [3.8, 4) is 16.9 Å². The summed E-state index contributed by atoms with van der Waals surface area (Å²) in [5.74, 6) is -3.59. The molecule has 2 N–H and O–H groups in total. The summed E-state index contributed by atoms with van der Waals surface area (Å²) in [6.07, 6.45) is 1.30. The summed E-state index contributed by atoms with van der Waals surface area (Å²) >= 11 is 0.152. The van der Waals surface area contributed by atoms with Crippen molar-refractivity contribution in [2.24, 2.45) is 0 Å².